The predicted molar refractivity (Wildman–Crippen MR) is 176 cm³/mol. The summed E-state index contributed by atoms with van der Waals surface area (Å²) < 4.78 is 60.9. The quantitative estimate of drug-likeness (QED) is 0.149. The molecule has 0 radical (unpaired) electrons. The fourth-order valence-corrected chi connectivity index (χ4v) is 6.08. The van der Waals surface area contributed by atoms with Gasteiger partial charge in [-0.2, -0.15) is 18.3 Å². The number of halogens is 4. The largest absolute Gasteiger partial charge is 0.424 e. The molecule has 11 nitrogen and oxygen atoms in total. The molecule has 0 aliphatic carbocycles. The number of rotatable bonds is 9. The summed E-state index contributed by atoms with van der Waals surface area (Å²) in [6.07, 6.45) is 2.56. The van der Waals surface area contributed by atoms with Crippen LogP contribution in [-0.4, -0.2) is 43.2 Å². The van der Waals surface area contributed by atoms with E-state index in [4.69, 9.17) is 4.74 Å². The summed E-state index contributed by atoms with van der Waals surface area (Å²) in [6, 6.07) is 10.1. The summed E-state index contributed by atoms with van der Waals surface area (Å²) in [7, 11) is 0. The Balaban J connectivity index is 1.09. The van der Waals surface area contributed by atoms with Crippen molar-refractivity contribution in [3.05, 3.63) is 84.2 Å². The topological polar surface area (TPSA) is 127 Å². The summed E-state index contributed by atoms with van der Waals surface area (Å²) in [5.74, 6) is -0.374. The van der Waals surface area contributed by atoms with E-state index in [-0.39, 0.29) is 35.0 Å². The fraction of sp³-hybridized carbons (Fsp3) is 0.273. The lowest BCUT2D eigenvalue weighted by atomic mass is 10.1. The number of aromatic nitrogens is 5. The van der Waals surface area contributed by atoms with Gasteiger partial charge in [-0.15, -0.1) is 0 Å². The van der Waals surface area contributed by atoms with Crippen LogP contribution in [0.4, 0.5) is 39.0 Å². The second-order valence-corrected chi connectivity index (χ2v) is 12.7. The molecular weight excluding hydrogens is 664 g/mol. The first-order valence-corrected chi connectivity index (χ1v) is 16.1. The van der Waals surface area contributed by atoms with Gasteiger partial charge in [-0.05, 0) is 73.2 Å². The third kappa shape index (κ3) is 8.02. The van der Waals surface area contributed by atoms with Gasteiger partial charge in [0.15, 0.2) is 5.13 Å². The van der Waals surface area contributed by atoms with E-state index in [2.05, 4.69) is 30.7 Å². The monoisotopic (exact) mass is 694 g/mol. The first-order valence-electron chi connectivity index (χ1n) is 15.3. The molecule has 254 valence electrons. The molecule has 0 spiro atoms. The van der Waals surface area contributed by atoms with E-state index in [1.54, 1.807) is 23.2 Å². The highest BCUT2D eigenvalue weighted by Crippen LogP contribution is 2.34. The number of anilines is 3. The van der Waals surface area contributed by atoms with Gasteiger partial charge < -0.3 is 10.1 Å². The lowest BCUT2D eigenvalue weighted by molar-refractivity contribution is -0.137. The third-order valence-electron chi connectivity index (χ3n) is 7.40. The maximum Gasteiger partial charge on any atom is 0.416 e. The molecule has 0 atom stereocenters. The van der Waals surface area contributed by atoms with Crippen molar-refractivity contribution in [3.8, 4) is 27.9 Å². The number of ether oxygens (including phenoxy) is 1. The fourth-order valence-electron chi connectivity index (χ4n) is 5.11. The zero-order valence-corrected chi connectivity index (χ0v) is 27.1. The zero-order chi connectivity index (χ0) is 34.7. The molecule has 3 aromatic heterocycles. The van der Waals surface area contributed by atoms with Crippen molar-refractivity contribution < 1.29 is 31.9 Å². The second kappa shape index (κ2) is 14.0. The Hall–Kier alpha value is -5.38. The number of nitrogens with zero attached hydrogens (tertiary/aromatic N) is 6. The molecule has 3 amide bonds. The second-order valence-electron chi connectivity index (χ2n) is 11.7. The van der Waals surface area contributed by atoms with Gasteiger partial charge in [0.2, 0.25) is 5.91 Å². The van der Waals surface area contributed by atoms with Crippen molar-refractivity contribution >= 4 is 39.9 Å². The normalized spacial score (nSPS) is 13.5. The molecule has 4 heterocycles. The maximum atomic E-state index is 14.8. The SMILES string of the molecule is CC(C)Cc1cc(NC(=O)Nc2cnc(Oc3ccc(-c4cnc(N5CCCCC5=O)s4)cc3)nc2)n(-c2ccc(C(F)(F)F)cc2F)n1. The Morgan fingerprint density at radius 3 is 2.43 bits per heavy atom. The van der Waals surface area contributed by atoms with Crippen molar-refractivity contribution in [1.82, 2.24) is 24.7 Å². The van der Waals surface area contributed by atoms with E-state index >= 15 is 0 Å². The molecule has 1 aliphatic rings. The minimum absolute atomic E-state index is 0.0246. The van der Waals surface area contributed by atoms with Gasteiger partial charge in [-0.3, -0.25) is 15.0 Å². The molecule has 6 rings (SSSR count). The maximum absolute atomic E-state index is 14.8. The van der Waals surface area contributed by atoms with E-state index in [9.17, 15) is 27.2 Å². The van der Waals surface area contributed by atoms with Crippen LogP contribution in [0.5, 0.6) is 11.8 Å². The number of urea groups is 1. The van der Waals surface area contributed by atoms with Crippen LogP contribution in [0.15, 0.2) is 67.1 Å². The highest BCUT2D eigenvalue weighted by atomic mass is 32.1. The van der Waals surface area contributed by atoms with E-state index in [1.807, 2.05) is 26.0 Å². The van der Waals surface area contributed by atoms with Gasteiger partial charge >= 0.3 is 18.2 Å². The molecule has 1 aliphatic heterocycles. The average molecular weight is 695 g/mol. The molecule has 0 saturated carbocycles. The summed E-state index contributed by atoms with van der Waals surface area (Å²) >= 11 is 1.45. The minimum Gasteiger partial charge on any atom is -0.424 e. The lowest BCUT2D eigenvalue weighted by Gasteiger charge is -2.23. The van der Waals surface area contributed by atoms with Crippen LogP contribution in [0.1, 0.15) is 44.4 Å². The van der Waals surface area contributed by atoms with Crippen LogP contribution < -0.4 is 20.3 Å². The molecular formula is C33H30F4N8O3S. The number of benzene rings is 2. The standard InChI is InChI=1S/C33H30F4N8O3S/c1-19(2)13-22-15-28(45(43-22)26-11-8-21(14-25(26)34)33(35,36)37)42-30(47)41-23-16-38-31(39-17-23)48-24-9-6-20(7-10-24)27-18-40-32(49-27)44-12-4-3-5-29(44)46/h6-11,14-19H,3-5,12-13H2,1-2H3,(H2,41,42,47). The van der Waals surface area contributed by atoms with E-state index in [1.165, 1.54) is 29.8 Å². The number of carbonyl (C=O) groups excluding carboxylic acids is 2. The molecule has 16 heteroatoms. The molecule has 2 N–H and O–H groups in total. The van der Waals surface area contributed by atoms with Gasteiger partial charge in [0.25, 0.3) is 0 Å². The molecule has 1 saturated heterocycles. The number of hydrogen-bond acceptors (Lipinski definition) is 8. The van der Waals surface area contributed by atoms with Gasteiger partial charge in [-0.1, -0.05) is 25.2 Å². The van der Waals surface area contributed by atoms with Crippen molar-refractivity contribution in [2.24, 2.45) is 5.92 Å². The number of nitrogens with one attached hydrogen (secondary N) is 2. The molecule has 2 aromatic carbocycles. The number of hydrogen-bond donors (Lipinski definition) is 2. The zero-order valence-electron chi connectivity index (χ0n) is 26.3. The Kier molecular flexibility index (Phi) is 9.58. The summed E-state index contributed by atoms with van der Waals surface area (Å²) in [6.45, 7) is 4.56. The van der Waals surface area contributed by atoms with Crippen LogP contribution >= 0.6 is 11.3 Å². The van der Waals surface area contributed by atoms with Crippen molar-refractivity contribution in [1.29, 1.82) is 0 Å². The molecule has 49 heavy (non-hydrogen) atoms. The van der Waals surface area contributed by atoms with Crippen molar-refractivity contribution in [3.63, 3.8) is 0 Å². The number of thiazole rings is 1. The molecule has 1 fully saturated rings. The Morgan fingerprint density at radius 2 is 1.76 bits per heavy atom. The molecule has 0 unspecified atom stereocenters. The Morgan fingerprint density at radius 1 is 1.00 bits per heavy atom. The first kappa shape index (κ1) is 33.5. The van der Waals surface area contributed by atoms with E-state index in [0.29, 0.717) is 42.0 Å². The predicted octanol–water partition coefficient (Wildman–Crippen LogP) is 8.10. The number of amides is 3. The number of carbonyl (C=O) groups is 2. The van der Waals surface area contributed by atoms with E-state index in [0.717, 1.165) is 40.1 Å². The van der Waals surface area contributed by atoms with Gasteiger partial charge in [-0.25, -0.2) is 28.8 Å². The molecule has 0 bridgehead atoms. The lowest BCUT2D eigenvalue weighted by Crippen LogP contribution is -2.34. The van der Waals surface area contributed by atoms with Crippen LogP contribution in [0.3, 0.4) is 0 Å². The molecule has 5 aromatic rings. The number of piperidine rings is 1. The minimum atomic E-state index is -4.72. The van der Waals surface area contributed by atoms with Crippen LogP contribution in [-0.2, 0) is 17.4 Å². The highest BCUT2D eigenvalue weighted by Gasteiger charge is 2.31. The average Bonchev–Trinajstić information content (AvgIpc) is 3.69. The van der Waals surface area contributed by atoms with Gasteiger partial charge in [0.05, 0.1) is 34.2 Å². The van der Waals surface area contributed by atoms with Gasteiger partial charge in [0.1, 0.15) is 23.1 Å². The highest BCUT2D eigenvalue weighted by molar-refractivity contribution is 7.19. The summed E-state index contributed by atoms with van der Waals surface area (Å²) in [5.41, 5.74) is 0.223. The van der Waals surface area contributed by atoms with E-state index < -0.39 is 23.6 Å². The van der Waals surface area contributed by atoms with Crippen LogP contribution in [0.2, 0.25) is 0 Å². The van der Waals surface area contributed by atoms with Crippen LogP contribution in [0.25, 0.3) is 16.1 Å². The van der Waals surface area contributed by atoms with Crippen molar-refractivity contribution in [2.75, 3.05) is 22.1 Å². The summed E-state index contributed by atoms with van der Waals surface area (Å²) in [4.78, 5) is 40.5. The number of alkyl halides is 3. The van der Waals surface area contributed by atoms with Crippen molar-refractivity contribution in [2.45, 2.75) is 45.7 Å². The van der Waals surface area contributed by atoms with Gasteiger partial charge in [0, 0.05) is 25.2 Å². The smallest absolute Gasteiger partial charge is 0.416 e. The van der Waals surface area contributed by atoms with Crippen LogP contribution in [0, 0.1) is 11.7 Å². The third-order valence-corrected chi connectivity index (χ3v) is 8.47. The Bertz CT molecular complexity index is 1960. The first-order chi connectivity index (χ1) is 23.4. The Labute approximate surface area is 282 Å². The summed E-state index contributed by atoms with van der Waals surface area (Å²) in [5, 5.41) is 10.1.